The molecule has 2 N–H and O–H groups in total. The van der Waals surface area contributed by atoms with Gasteiger partial charge >= 0.3 is 0 Å². The van der Waals surface area contributed by atoms with Crippen molar-refractivity contribution in [1.82, 2.24) is 4.90 Å². The lowest BCUT2D eigenvalue weighted by molar-refractivity contribution is 0.210. The van der Waals surface area contributed by atoms with Crippen LogP contribution in [-0.2, 0) is 19.3 Å². The maximum absolute atomic E-state index is 6.09. The monoisotopic (exact) mass is 234 g/mol. The maximum Gasteiger partial charge on any atom is 0.110 e. The number of hydrogen-bond donors (Lipinski definition) is 1. The van der Waals surface area contributed by atoms with Crippen LogP contribution in [0.2, 0.25) is 0 Å². The van der Waals surface area contributed by atoms with Crippen molar-refractivity contribution < 1.29 is 4.42 Å². The highest BCUT2D eigenvalue weighted by Crippen LogP contribution is 2.39. The van der Waals surface area contributed by atoms with E-state index in [4.69, 9.17) is 10.2 Å². The first-order valence-electron chi connectivity index (χ1n) is 6.85. The number of aryl methyl sites for hydroxylation is 1. The van der Waals surface area contributed by atoms with Gasteiger partial charge in [-0.25, -0.2) is 0 Å². The summed E-state index contributed by atoms with van der Waals surface area (Å²) in [6.45, 7) is 1.86. The number of furan rings is 1. The van der Waals surface area contributed by atoms with Crippen molar-refractivity contribution in [3.05, 3.63) is 22.6 Å². The van der Waals surface area contributed by atoms with Crippen LogP contribution in [0, 0.1) is 0 Å². The molecule has 1 aromatic heterocycles. The zero-order chi connectivity index (χ0) is 11.8. The Morgan fingerprint density at radius 1 is 1.24 bits per heavy atom. The lowest BCUT2D eigenvalue weighted by Gasteiger charge is -2.32. The first-order chi connectivity index (χ1) is 8.31. The molecule has 1 atom stereocenters. The third-order valence-corrected chi connectivity index (χ3v) is 4.29. The third kappa shape index (κ3) is 1.81. The fourth-order valence-corrected chi connectivity index (χ4v) is 3.40. The van der Waals surface area contributed by atoms with E-state index < -0.39 is 0 Å². The highest BCUT2D eigenvalue weighted by Gasteiger charge is 2.32. The molecule has 3 heteroatoms. The quantitative estimate of drug-likeness (QED) is 0.851. The predicted octanol–water partition coefficient (Wildman–Crippen LogP) is 2.04. The van der Waals surface area contributed by atoms with Gasteiger partial charge in [0, 0.05) is 31.0 Å². The van der Waals surface area contributed by atoms with Gasteiger partial charge in [0.1, 0.15) is 11.5 Å². The lowest BCUT2D eigenvalue weighted by Crippen LogP contribution is -2.33. The zero-order valence-corrected chi connectivity index (χ0v) is 10.7. The molecule has 0 amide bonds. The Bertz CT molecular complexity index is 411. The van der Waals surface area contributed by atoms with Crippen molar-refractivity contribution in [3.8, 4) is 0 Å². The average molecular weight is 234 g/mol. The number of nitrogens with two attached hydrogens (primary N) is 1. The van der Waals surface area contributed by atoms with Crippen LogP contribution in [0.4, 0.5) is 0 Å². The smallest absolute Gasteiger partial charge is 0.110 e. The summed E-state index contributed by atoms with van der Waals surface area (Å²) in [5.41, 5.74) is 8.79. The first kappa shape index (κ1) is 11.3. The minimum Gasteiger partial charge on any atom is -0.465 e. The van der Waals surface area contributed by atoms with E-state index in [9.17, 15) is 0 Å². The molecule has 0 aromatic carbocycles. The lowest BCUT2D eigenvalue weighted by atomic mass is 9.87. The van der Waals surface area contributed by atoms with E-state index in [-0.39, 0.29) is 0 Å². The van der Waals surface area contributed by atoms with Gasteiger partial charge in [-0.15, -0.1) is 0 Å². The normalized spacial score (nSPS) is 24.5. The van der Waals surface area contributed by atoms with Crippen LogP contribution >= 0.6 is 0 Å². The topological polar surface area (TPSA) is 42.4 Å². The molecule has 1 unspecified atom stereocenters. The maximum atomic E-state index is 6.09. The summed E-state index contributed by atoms with van der Waals surface area (Å²) in [5, 5.41) is 0. The number of rotatable bonds is 2. The first-order valence-corrected chi connectivity index (χ1v) is 6.85. The molecule has 2 aliphatic rings. The highest BCUT2D eigenvalue weighted by molar-refractivity contribution is 5.39. The summed E-state index contributed by atoms with van der Waals surface area (Å²) >= 11 is 0. The second-order valence-corrected chi connectivity index (χ2v) is 5.37. The molecule has 0 spiro atoms. The SMILES string of the molecule is CN1CCc2oc3c(c2C1CCN)CCCC3. The van der Waals surface area contributed by atoms with Crippen molar-refractivity contribution in [2.24, 2.45) is 5.73 Å². The molecular weight excluding hydrogens is 212 g/mol. The molecule has 0 radical (unpaired) electrons. The number of nitrogens with zero attached hydrogens (tertiary/aromatic N) is 1. The van der Waals surface area contributed by atoms with E-state index in [1.54, 1.807) is 0 Å². The Kier molecular flexibility index (Phi) is 2.97. The summed E-state index contributed by atoms with van der Waals surface area (Å²) in [5.74, 6) is 2.53. The Morgan fingerprint density at radius 3 is 2.88 bits per heavy atom. The molecule has 3 nitrogen and oxygen atoms in total. The largest absolute Gasteiger partial charge is 0.465 e. The van der Waals surface area contributed by atoms with E-state index >= 15 is 0 Å². The van der Waals surface area contributed by atoms with Crippen LogP contribution < -0.4 is 5.73 Å². The molecule has 1 aromatic rings. The third-order valence-electron chi connectivity index (χ3n) is 4.29. The highest BCUT2D eigenvalue weighted by atomic mass is 16.3. The molecule has 3 rings (SSSR count). The molecule has 1 aliphatic heterocycles. The molecule has 94 valence electrons. The van der Waals surface area contributed by atoms with Crippen LogP contribution in [0.3, 0.4) is 0 Å². The van der Waals surface area contributed by atoms with Gasteiger partial charge in [-0.2, -0.15) is 0 Å². The predicted molar refractivity (Wildman–Crippen MR) is 68.1 cm³/mol. The Morgan fingerprint density at radius 2 is 2.06 bits per heavy atom. The van der Waals surface area contributed by atoms with Crippen LogP contribution in [0.1, 0.15) is 48.0 Å². The van der Waals surface area contributed by atoms with Crippen LogP contribution in [0.15, 0.2) is 4.42 Å². The molecule has 1 aliphatic carbocycles. The molecular formula is C14H22N2O. The average Bonchev–Trinajstić information content (AvgIpc) is 2.72. The van der Waals surface area contributed by atoms with E-state index in [0.29, 0.717) is 6.04 Å². The molecule has 2 heterocycles. The van der Waals surface area contributed by atoms with E-state index in [1.807, 2.05) is 0 Å². The summed E-state index contributed by atoms with van der Waals surface area (Å²) in [6.07, 6.45) is 7.08. The van der Waals surface area contributed by atoms with Gasteiger partial charge in [-0.05, 0) is 44.8 Å². The van der Waals surface area contributed by atoms with Crippen LogP contribution in [0.25, 0.3) is 0 Å². The Balaban J connectivity index is 2.03. The Labute approximate surface area is 103 Å². The van der Waals surface area contributed by atoms with Crippen molar-refractivity contribution in [1.29, 1.82) is 0 Å². The summed E-state index contributed by atoms with van der Waals surface area (Å²) in [7, 11) is 2.21. The minimum atomic E-state index is 0.495. The van der Waals surface area contributed by atoms with Gasteiger partial charge in [-0.3, -0.25) is 4.90 Å². The fraction of sp³-hybridized carbons (Fsp3) is 0.714. The van der Waals surface area contributed by atoms with Gasteiger partial charge in [0.15, 0.2) is 0 Å². The zero-order valence-electron chi connectivity index (χ0n) is 10.7. The fourth-order valence-electron chi connectivity index (χ4n) is 3.40. The van der Waals surface area contributed by atoms with Gasteiger partial charge in [0.05, 0.1) is 0 Å². The van der Waals surface area contributed by atoms with Gasteiger partial charge in [0.2, 0.25) is 0 Å². The van der Waals surface area contributed by atoms with Crippen molar-refractivity contribution >= 4 is 0 Å². The van der Waals surface area contributed by atoms with Crippen molar-refractivity contribution in [2.75, 3.05) is 20.1 Å². The molecule has 0 saturated heterocycles. The van der Waals surface area contributed by atoms with Crippen molar-refractivity contribution in [2.45, 2.75) is 44.6 Å². The molecule has 0 saturated carbocycles. The number of likely N-dealkylation sites (N-methyl/N-ethyl adjacent to an activating group) is 1. The van der Waals surface area contributed by atoms with Gasteiger partial charge in [-0.1, -0.05) is 0 Å². The summed E-state index contributed by atoms with van der Waals surface area (Å²) < 4.78 is 6.09. The van der Waals surface area contributed by atoms with E-state index in [2.05, 4.69) is 11.9 Å². The van der Waals surface area contributed by atoms with Gasteiger partial charge in [0.25, 0.3) is 0 Å². The Hall–Kier alpha value is -0.800. The van der Waals surface area contributed by atoms with Crippen LogP contribution in [0.5, 0.6) is 0 Å². The standard InChI is InChI=1S/C14H22N2O/c1-16-9-7-13-14(11(16)6-8-15)10-4-2-3-5-12(10)17-13/h11H,2-9,15H2,1H3. The van der Waals surface area contributed by atoms with Gasteiger partial charge < -0.3 is 10.2 Å². The number of fused-ring (bicyclic) bond motifs is 3. The second kappa shape index (κ2) is 4.46. The minimum absolute atomic E-state index is 0.495. The summed E-state index contributed by atoms with van der Waals surface area (Å²) in [6, 6.07) is 0.495. The van der Waals surface area contributed by atoms with E-state index in [1.165, 1.54) is 41.9 Å². The van der Waals surface area contributed by atoms with Crippen molar-refractivity contribution in [3.63, 3.8) is 0 Å². The molecule has 0 bridgehead atoms. The number of hydrogen-bond acceptors (Lipinski definition) is 3. The molecule has 17 heavy (non-hydrogen) atoms. The van der Waals surface area contributed by atoms with E-state index in [0.717, 1.165) is 32.4 Å². The van der Waals surface area contributed by atoms with Crippen LogP contribution in [-0.4, -0.2) is 25.0 Å². The summed E-state index contributed by atoms with van der Waals surface area (Å²) in [4.78, 5) is 2.44. The second-order valence-electron chi connectivity index (χ2n) is 5.37. The molecule has 0 fully saturated rings.